The lowest BCUT2D eigenvalue weighted by Gasteiger charge is -2.24. The zero-order valence-electron chi connectivity index (χ0n) is 11.6. The minimum atomic E-state index is -1.50. The van der Waals surface area contributed by atoms with Gasteiger partial charge in [0.15, 0.2) is 17.5 Å². The molecule has 1 amide bonds. The summed E-state index contributed by atoms with van der Waals surface area (Å²) in [7, 11) is 0. The average Bonchev–Trinajstić information content (AvgIpc) is 2.45. The third kappa shape index (κ3) is 4.35. The van der Waals surface area contributed by atoms with Gasteiger partial charge in [0.1, 0.15) is 0 Å². The largest absolute Gasteiger partial charge is 0.348 e. The molecule has 0 bridgehead atoms. The van der Waals surface area contributed by atoms with E-state index in [1.165, 1.54) is 0 Å². The number of rotatable bonds is 3. The fourth-order valence-corrected chi connectivity index (χ4v) is 2.30. The van der Waals surface area contributed by atoms with Gasteiger partial charge in [-0.2, -0.15) is 0 Å². The summed E-state index contributed by atoms with van der Waals surface area (Å²) in [6.07, 6.45) is 2.75. The van der Waals surface area contributed by atoms with Gasteiger partial charge in [-0.3, -0.25) is 4.79 Å². The standard InChI is InChI=1S/C14H17F3N2O.ClH/c1-8(9-6-10(15)13(17)11(16)7-9)19-14(20)12-4-2-3-5-18-12;/h6-8,12,18H,2-5H2,1H3,(H,19,20);1H. The Kier molecular flexibility index (Phi) is 6.48. The Morgan fingerprint density at radius 2 is 1.90 bits per heavy atom. The summed E-state index contributed by atoms with van der Waals surface area (Å²) in [5, 5.41) is 5.77. The third-order valence-corrected chi connectivity index (χ3v) is 3.49. The Balaban J connectivity index is 0.00000220. The lowest BCUT2D eigenvalue weighted by molar-refractivity contribution is -0.124. The predicted molar refractivity (Wildman–Crippen MR) is 75.8 cm³/mol. The molecule has 1 aliphatic heterocycles. The van der Waals surface area contributed by atoms with Crippen LogP contribution in [0.5, 0.6) is 0 Å². The van der Waals surface area contributed by atoms with E-state index in [9.17, 15) is 18.0 Å². The van der Waals surface area contributed by atoms with E-state index >= 15 is 0 Å². The zero-order chi connectivity index (χ0) is 14.7. The quantitative estimate of drug-likeness (QED) is 0.840. The molecule has 118 valence electrons. The van der Waals surface area contributed by atoms with Gasteiger partial charge in [0.05, 0.1) is 12.1 Å². The smallest absolute Gasteiger partial charge is 0.237 e. The highest BCUT2D eigenvalue weighted by molar-refractivity contribution is 5.85. The van der Waals surface area contributed by atoms with Crippen LogP contribution in [-0.4, -0.2) is 18.5 Å². The van der Waals surface area contributed by atoms with Gasteiger partial charge in [0.2, 0.25) is 5.91 Å². The van der Waals surface area contributed by atoms with E-state index in [1.54, 1.807) is 6.92 Å². The van der Waals surface area contributed by atoms with Gasteiger partial charge in [0, 0.05) is 0 Å². The first kappa shape index (κ1) is 17.8. The van der Waals surface area contributed by atoms with Crippen molar-refractivity contribution in [2.45, 2.75) is 38.3 Å². The second-order valence-electron chi connectivity index (χ2n) is 5.03. The van der Waals surface area contributed by atoms with Crippen LogP contribution in [0.1, 0.15) is 37.8 Å². The van der Waals surface area contributed by atoms with Crippen molar-refractivity contribution in [3.05, 3.63) is 35.1 Å². The maximum Gasteiger partial charge on any atom is 0.237 e. The molecule has 1 heterocycles. The average molecular weight is 323 g/mol. The van der Waals surface area contributed by atoms with Crippen molar-refractivity contribution >= 4 is 18.3 Å². The molecule has 7 heteroatoms. The maximum atomic E-state index is 13.2. The van der Waals surface area contributed by atoms with Crippen LogP contribution < -0.4 is 10.6 Å². The van der Waals surface area contributed by atoms with Gasteiger partial charge in [-0.05, 0) is 44.0 Å². The van der Waals surface area contributed by atoms with Crippen LogP contribution in [-0.2, 0) is 4.79 Å². The van der Waals surface area contributed by atoms with Crippen molar-refractivity contribution in [1.82, 2.24) is 10.6 Å². The van der Waals surface area contributed by atoms with Crippen molar-refractivity contribution in [3.8, 4) is 0 Å². The topological polar surface area (TPSA) is 41.1 Å². The van der Waals surface area contributed by atoms with Gasteiger partial charge in [0.25, 0.3) is 0 Å². The molecule has 0 radical (unpaired) electrons. The van der Waals surface area contributed by atoms with Crippen molar-refractivity contribution in [3.63, 3.8) is 0 Å². The molecule has 21 heavy (non-hydrogen) atoms. The van der Waals surface area contributed by atoms with Crippen molar-refractivity contribution in [2.75, 3.05) is 6.54 Å². The lowest BCUT2D eigenvalue weighted by Crippen LogP contribution is -2.47. The molecular formula is C14H18ClF3N2O. The Morgan fingerprint density at radius 1 is 1.29 bits per heavy atom. The first-order valence-corrected chi connectivity index (χ1v) is 6.67. The highest BCUT2D eigenvalue weighted by Crippen LogP contribution is 2.19. The molecular weight excluding hydrogens is 305 g/mol. The second kappa shape index (κ2) is 7.66. The predicted octanol–water partition coefficient (Wildman–Crippen LogP) is 2.85. The minimum absolute atomic E-state index is 0. The van der Waals surface area contributed by atoms with Crippen LogP contribution >= 0.6 is 12.4 Å². The Morgan fingerprint density at radius 3 is 2.43 bits per heavy atom. The molecule has 1 aromatic rings. The molecule has 1 aliphatic rings. The Labute approximate surface area is 127 Å². The zero-order valence-corrected chi connectivity index (χ0v) is 12.4. The normalized spacial score (nSPS) is 19.5. The van der Waals surface area contributed by atoms with E-state index in [1.807, 2.05) is 0 Å². The molecule has 2 atom stereocenters. The summed E-state index contributed by atoms with van der Waals surface area (Å²) in [6, 6.07) is 0.937. The summed E-state index contributed by atoms with van der Waals surface area (Å²) >= 11 is 0. The summed E-state index contributed by atoms with van der Waals surface area (Å²) < 4.78 is 39.2. The SMILES string of the molecule is CC(NC(=O)C1CCCCN1)c1cc(F)c(F)c(F)c1.Cl. The fourth-order valence-electron chi connectivity index (χ4n) is 2.30. The van der Waals surface area contributed by atoms with E-state index in [0.717, 1.165) is 37.9 Å². The number of amides is 1. The van der Waals surface area contributed by atoms with Gasteiger partial charge in [-0.15, -0.1) is 12.4 Å². The lowest BCUT2D eigenvalue weighted by atomic mass is 10.0. The third-order valence-electron chi connectivity index (χ3n) is 3.49. The number of benzene rings is 1. The van der Waals surface area contributed by atoms with Crippen molar-refractivity contribution < 1.29 is 18.0 Å². The van der Waals surface area contributed by atoms with E-state index in [2.05, 4.69) is 10.6 Å². The van der Waals surface area contributed by atoms with E-state index < -0.39 is 23.5 Å². The van der Waals surface area contributed by atoms with Crippen LogP contribution in [0, 0.1) is 17.5 Å². The first-order valence-electron chi connectivity index (χ1n) is 6.67. The van der Waals surface area contributed by atoms with Crippen LogP contribution in [0.4, 0.5) is 13.2 Å². The Hall–Kier alpha value is -1.27. The van der Waals surface area contributed by atoms with Gasteiger partial charge < -0.3 is 10.6 Å². The van der Waals surface area contributed by atoms with Gasteiger partial charge in [-0.25, -0.2) is 13.2 Å². The first-order chi connectivity index (χ1) is 9.49. The molecule has 1 aromatic carbocycles. The second-order valence-corrected chi connectivity index (χ2v) is 5.03. The van der Waals surface area contributed by atoms with E-state index in [0.29, 0.717) is 0 Å². The molecule has 2 N–H and O–H groups in total. The number of nitrogens with one attached hydrogen (secondary N) is 2. The molecule has 2 unspecified atom stereocenters. The maximum absolute atomic E-state index is 13.2. The molecule has 0 aromatic heterocycles. The Bertz CT molecular complexity index is 484. The monoisotopic (exact) mass is 322 g/mol. The summed E-state index contributed by atoms with van der Waals surface area (Å²) in [5.41, 5.74) is 0.200. The van der Waals surface area contributed by atoms with Crippen molar-refractivity contribution in [1.29, 1.82) is 0 Å². The summed E-state index contributed by atoms with van der Waals surface area (Å²) in [5.74, 6) is -4.21. The molecule has 2 rings (SSSR count). The number of hydrogen-bond donors (Lipinski definition) is 2. The summed E-state index contributed by atoms with van der Waals surface area (Å²) in [4.78, 5) is 12.0. The van der Waals surface area contributed by atoms with Crippen LogP contribution in [0.3, 0.4) is 0 Å². The number of carbonyl (C=O) groups is 1. The van der Waals surface area contributed by atoms with E-state index in [-0.39, 0.29) is 29.9 Å². The number of piperidine rings is 1. The van der Waals surface area contributed by atoms with Crippen LogP contribution in [0.15, 0.2) is 12.1 Å². The van der Waals surface area contributed by atoms with Crippen molar-refractivity contribution in [2.24, 2.45) is 0 Å². The highest BCUT2D eigenvalue weighted by Gasteiger charge is 2.23. The highest BCUT2D eigenvalue weighted by atomic mass is 35.5. The number of halogens is 4. The minimum Gasteiger partial charge on any atom is -0.348 e. The van der Waals surface area contributed by atoms with E-state index in [4.69, 9.17) is 0 Å². The number of carbonyl (C=O) groups excluding carboxylic acids is 1. The van der Waals surface area contributed by atoms with Gasteiger partial charge >= 0.3 is 0 Å². The van der Waals surface area contributed by atoms with Crippen LogP contribution in [0.25, 0.3) is 0 Å². The molecule has 0 saturated carbocycles. The summed E-state index contributed by atoms with van der Waals surface area (Å²) in [6.45, 7) is 2.39. The fraction of sp³-hybridized carbons (Fsp3) is 0.500. The molecule has 3 nitrogen and oxygen atoms in total. The van der Waals surface area contributed by atoms with Gasteiger partial charge in [-0.1, -0.05) is 6.42 Å². The molecule has 0 spiro atoms. The van der Waals surface area contributed by atoms with Crippen LogP contribution in [0.2, 0.25) is 0 Å². The number of hydrogen-bond acceptors (Lipinski definition) is 2. The molecule has 1 saturated heterocycles. The molecule has 1 fully saturated rings. The molecule has 0 aliphatic carbocycles.